The monoisotopic (exact) mass is 447 g/mol. The Balaban J connectivity index is 1.28. The molecule has 1 aliphatic carbocycles. The first kappa shape index (κ1) is 20.1. The Morgan fingerprint density at radius 3 is 2.81 bits per heavy atom. The largest absolute Gasteiger partial charge is 0.369 e. The van der Waals surface area contributed by atoms with Crippen molar-refractivity contribution in [1.82, 2.24) is 29.5 Å². The molecule has 1 N–H and O–H groups in total. The van der Waals surface area contributed by atoms with Crippen molar-refractivity contribution >= 4 is 33.0 Å². The van der Waals surface area contributed by atoms with Gasteiger partial charge in [0.15, 0.2) is 5.65 Å². The van der Waals surface area contributed by atoms with Crippen molar-refractivity contribution in [3.8, 4) is 0 Å². The predicted octanol–water partition coefficient (Wildman–Crippen LogP) is 4.25. The van der Waals surface area contributed by atoms with Gasteiger partial charge >= 0.3 is 0 Å². The van der Waals surface area contributed by atoms with Crippen LogP contribution in [0.25, 0.3) is 15.9 Å². The number of aromatic nitrogens is 5. The maximum absolute atomic E-state index is 5.06. The molecule has 7 nitrogen and oxygen atoms in total. The van der Waals surface area contributed by atoms with Gasteiger partial charge in [0, 0.05) is 24.0 Å². The summed E-state index contributed by atoms with van der Waals surface area (Å²) in [7, 11) is 0. The summed E-state index contributed by atoms with van der Waals surface area (Å²) in [4.78, 5) is 15.3. The number of hydrogen-bond donors (Lipinski definition) is 1. The topological polar surface area (TPSA) is 71.2 Å². The van der Waals surface area contributed by atoms with Crippen molar-refractivity contribution in [2.75, 3.05) is 25.0 Å². The number of pyridine rings is 1. The van der Waals surface area contributed by atoms with Crippen LogP contribution in [0.15, 0.2) is 24.4 Å². The third kappa shape index (κ3) is 3.86. The van der Waals surface area contributed by atoms with Crippen LogP contribution >= 0.6 is 11.3 Å². The van der Waals surface area contributed by atoms with Crippen LogP contribution < -0.4 is 5.32 Å². The molecular formula is C24H29N7S. The summed E-state index contributed by atoms with van der Waals surface area (Å²) in [6, 6.07) is 6.00. The van der Waals surface area contributed by atoms with Gasteiger partial charge in [-0.1, -0.05) is 12.5 Å². The number of thiophene rings is 1. The van der Waals surface area contributed by atoms with Crippen LogP contribution in [0, 0.1) is 0 Å². The lowest BCUT2D eigenvalue weighted by molar-refractivity contribution is 0.216. The lowest BCUT2D eigenvalue weighted by Gasteiger charge is -2.25. The molecule has 32 heavy (non-hydrogen) atoms. The van der Waals surface area contributed by atoms with Gasteiger partial charge in [0.2, 0.25) is 0 Å². The molecule has 8 heteroatoms. The maximum Gasteiger partial charge on any atom is 0.160 e. The lowest BCUT2D eigenvalue weighted by atomic mass is 9.97. The lowest BCUT2D eigenvalue weighted by Crippen LogP contribution is -2.30. The van der Waals surface area contributed by atoms with Gasteiger partial charge in [0.1, 0.15) is 22.3 Å². The van der Waals surface area contributed by atoms with E-state index in [1.54, 1.807) is 0 Å². The van der Waals surface area contributed by atoms with Crippen molar-refractivity contribution in [2.24, 2.45) is 0 Å². The van der Waals surface area contributed by atoms with Gasteiger partial charge in [-0.2, -0.15) is 0 Å². The number of hydrogen-bond acceptors (Lipinski definition) is 7. The Morgan fingerprint density at radius 1 is 0.969 bits per heavy atom. The molecule has 0 atom stereocenters. The fourth-order valence-corrected chi connectivity index (χ4v) is 6.35. The molecule has 0 aromatic carbocycles. The Kier molecular flexibility index (Phi) is 5.48. The van der Waals surface area contributed by atoms with E-state index in [4.69, 9.17) is 9.97 Å². The average molecular weight is 448 g/mol. The quantitative estimate of drug-likeness (QED) is 0.476. The summed E-state index contributed by atoms with van der Waals surface area (Å²) in [5, 5.41) is 13.6. The van der Waals surface area contributed by atoms with Gasteiger partial charge in [0.05, 0.1) is 11.9 Å². The van der Waals surface area contributed by atoms with E-state index in [9.17, 15) is 0 Å². The number of fused-ring (bicyclic) bond motifs is 4. The number of anilines is 1. The maximum atomic E-state index is 5.06. The van der Waals surface area contributed by atoms with Crippen LogP contribution in [0.5, 0.6) is 0 Å². The molecule has 0 amide bonds. The first-order chi connectivity index (χ1) is 15.8. The Labute approximate surface area is 191 Å². The van der Waals surface area contributed by atoms with Gasteiger partial charge in [0.25, 0.3) is 0 Å². The van der Waals surface area contributed by atoms with Crippen LogP contribution in [0.3, 0.4) is 0 Å². The Bertz CT molecular complexity index is 1240. The molecule has 0 radical (unpaired) electrons. The van der Waals surface area contributed by atoms with Crippen LogP contribution in [0.1, 0.15) is 54.2 Å². The van der Waals surface area contributed by atoms with Crippen molar-refractivity contribution in [2.45, 2.75) is 57.9 Å². The highest BCUT2D eigenvalue weighted by Gasteiger charge is 2.22. The van der Waals surface area contributed by atoms with E-state index >= 15 is 0 Å². The molecule has 0 bridgehead atoms. The molecule has 4 aromatic rings. The number of rotatable bonds is 6. The minimum atomic E-state index is 0.773. The van der Waals surface area contributed by atoms with E-state index in [0.29, 0.717) is 0 Å². The number of piperidine rings is 1. The van der Waals surface area contributed by atoms with Crippen LogP contribution in [0.4, 0.5) is 5.82 Å². The molecule has 1 fully saturated rings. The van der Waals surface area contributed by atoms with E-state index in [2.05, 4.69) is 24.8 Å². The Morgan fingerprint density at radius 2 is 1.88 bits per heavy atom. The highest BCUT2D eigenvalue weighted by atomic mass is 32.1. The molecule has 1 saturated heterocycles. The first-order valence-electron chi connectivity index (χ1n) is 11.9. The highest BCUT2D eigenvalue weighted by Crippen LogP contribution is 2.38. The summed E-state index contributed by atoms with van der Waals surface area (Å²) in [5.74, 6) is 2.93. The van der Waals surface area contributed by atoms with E-state index in [-0.39, 0.29) is 0 Å². The van der Waals surface area contributed by atoms with Gasteiger partial charge in [-0.05, 0) is 69.3 Å². The summed E-state index contributed by atoms with van der Waals surface area (Å²) >= 11 is 1.89. The molecule has 0 spiro atoms. The predicted molar refractivity (Wildman–Crippen MR) is 128 cm³/mol. The molecule has 166 valence electrons. The third-order valence-corrected chi connectivity index (χ3v) is 7.89. The second kappa shape index (κ2) is 8.75. The van der Waals surface area contributed by atoms with Crippen LogP contribution in [-0.2, 0) is 25.8 Å². The minimum absolute atomic E-state index is 0.773. The molecule has 0 unspecified atom stereocenters. The van der Waals surface area contributed by atoms with Crippen molar-refractivity contribution in [3.63, 3.8) is 0 Å². The number of nitrogens with zero attached hydrogens (tertiary/aromatic N) is 6. The minimum Gasteiger partial charge on any atom is -0.369 e. The fourth-order valence-electron chi connectivity index (χ4n) is 5.07. The van der Waals surface area contributed by atoms with Crippen molar-refractivity contribution in [1.29, 1.82) is 0 Å². The van der Waals surface area contributed by atoms with Gasteiger partial charge in [-0.25, -0.2) is 9.97 Å². The number of likely N-dealkylation sites (tertiary alicyclic amines) is 1. The third-order valence-electron chi connectivity index (χ3n) is 6.70. The molecule has 4 aromatic heterocycles. The van der Waals surface area contributed by atoms with Gasteiger partial charge in [-0.3, -0.25) is 9.30 Å². The molecular weight excluding hydrogens is 418 g/mol. The molecule has 1 aliphatic heterocycles. The summed E-state index contributed by atoms with van der Waals surface area (Å²) < 4.78 is 2.06. The normalized spacial score (nSPS) is 17.1. The zero-order chi connectivity index (χ0) is 21.3. The van der Waals surface area contributed by atoms with E-state index in [1.165, 1.54) is 54.4 Å². The average Bonchev–Trinajstić information content (AvgIpc) is 3.41. The standard InChI is InChI=1S/C24H29N7S/c1-5-13-30(14-6-1)16-19-26-23(22-17-8-2-3-9-18(17)32-24(22)27-19)25-12-11-21-29-28-20-10-4-7-15-31(20)21/h4,7,10,15H,1-3,5-6,8-9,11-14,16H2,(H,25,26,27). The molecule has 2 aliphatic rings. The van der Waals surface area contributed by atoms with Gasteiger partial charge in [-0.15, -0.1) is 21.5 Å². The van der Waals surface area contributed by atoms with Crippen molar-refractivity contribution in [3.05, 3.63) is 46.5 Å². The van der Waals surface area contributed by atoms with E-state index in [0.717, 1.165) is 67.0 Å². The molecule has 0 saturated carbocycles. The smallest absolute Gasteiger partial charge is 0.160 e. The summed E-state index contributed by atoms with van der Waals surface area (Å²) in [6.45, 7) is 3.94. The summed E-state index contributed by atoms with van der Waals surface area (Å²) in [5.41, 5.74) is 2.37. The molecule has 6 rings (SSSR count). The number of nitrogens with one attached hydrogen (secondary N) is 1. The van der Waals surface area contributed by atoms with Crippen LogP contribution in [-0.4, -0.2) is 49.1 Å². The van der Waals surface area contributed by atoms with Crippen LogP contribution in [0.2, 0.25) is 0 Å². The highest BCUT2D eigenvalue weighted by molar-refractivity contribution is 7.19. The van der Waals surface area contributed by atoms with Crippen molar-refractivity contribution < 1.29 is 0 Å². The zero-order valence-electron chi connectivity index (χ0n) is 18.4. The Hall–Kier alpha value is -2.58. The number of aryl methyl sites for hydroxylation is 2. The zero-order valence-corrected chi connectivity index (χ0v) is 19.2. The summed E-state index contributed by atoms with van der Waals surface area (Å²) in [6.07, 6.45) is 11.6. The van der Waals surface area contributed by atoms with E-state index in [1.807, 2.05) is 35.7 Å². The first-order valence-corrected chi connectivity index (χ1v) is 12.7. The fraction of sp³-hybridized carbons (Fsp3) is 0.500. The SMILES string of the molecule is c1ccn2c(CCNc3nc(CN4CCCCC4)nc4sc5c(c34)CCCC5)nnc2c1. The molecule has 5 heterocycles. The second-order valence-electron chi connectivity index (χ2n) is 8.94. The van der Waals surface area contributed by atoms with Gasteiger partial charge < -0.3 is 5.32 Å². The van der Waals surface area contributed by atoms with E-state index < -0.39 is 0 Å². The second-order valence-corrected chi connectivity index (χ2v) is 10.0.